The van der Waals surface area contributed by atoms with Crippen molar-refractivity contribution in [2.75, 3.05) is 6.54 Å². The summed E-state index contributed by atoms with van der Waals surface area (Å²) in [6.07, 6.45) is -3.83. The smallest absolute Gasteiger partial charge is 0.358 e. The summed E-state index contributed by atoms with van der Waals surface area (Å²) in [7, 11) is 0. The molecule has 3 rings (SSSR count). The van der Waals surface area contributed by atoms with Crippen LogP contribution in [0.1, 0.15) is 27.2 Å². The Bertz CT molecular complexity index is 946. The zero-order valence-corrected chi connectivity index (χ0v) is 14.6. The molecule has 26 heavy (non-hydrogen) atoms. The van der Waals surface area contributed by atoms with Gasteiger partial charge >= 0.3 is 6.18 Å². The summed E-state index contributed by atoms with van der Waals surface area (Å²) < 4.78 is 37.7. The van der Waals surface area contributed by atoms with Crippen molar-refractivity contribution in [2.45, 2.75) is 19.5 Å². The van der Waals surface area contributed by atoms with Gasteiger partial charge in [0.1, 0.15) is 0 Å². The van der Waals surface area contributed by atoms with E-state index < -0.39 is 17.6 Å². The van der Waals surface area contributed by atoms with Crippen LogP contribution < -0.4 is 5.32 Å². The number of benzene rings is 2. The van der Waals surface area contributed by atoms with E-state index in [2.05, 4.69) is 10.3 Å². The lowest BCUT2D eigenvalue weighted by atomic mass is 10.1. The normalized spacial score (nSPS) is 11.7. The van der Waals surface area contributed by atoms with Gasteiger partial charge in [-0.1, -0.05) is 11.6 Å². The summed E-state index contributed by atoms with van der Waals surface area (Å²) >= 11 is 6.05. The lowest BCUT2D eigenvalue weighted by Gasteiger charge is -2.08. The molecule has 0 fully saturated rings. The van der Waals surface area contributed by atoms with Gasteiger partial charge in [-0.3, -0.25) is 4.79 Å². The van der Waals surface area contributed by atoms with E-state index in [0.29, 0.717) is 18.0 Å². The van der Waals surface area contributed by atoms with Gasteiger partial charge in [0.15, 0.2) is 0 Å². The van der Waals surface area contributed by atoms with Crippen molar-refractivity contribution in [1.82, 2.24) is 10.3 Å². The van der Waals surface area contributed by atoms with Crippen molar-refractivity contribution >= 4 is 28.4 Å². The third-order valence-corrected chi connectivity index (χ3v) is 4.45. The van der Waals surface area contributed by atoms with Crippen LogP contribution in [0, 0.1) is 6.92 Å². The van der Waals surface area contributed by atoms with E-state index in [1.54, 1.807) is 6.07 Å². The molecule has 0 unspecified atom stereocenters. The second-order valence-corrected chi connectivity index (χ2v) is 6.44. The van der Waals surface area contributed by atoms with Crippen LogP contribution in [0.2, 0.25) is 5.02 Å². The first-order valence-corrected chi connectivity index (χ1v) is 8.35. The van der Waals surface area contributed by atoms with Gasteiger partial charge in [0.05, 0.1) is 5.56 Å². The molecule has 3 nitrogen and oxygen atoms in total. The lowest BCUT2D eigenvalue weighted by molar-refractivity contribution is -0.137. The number of hydrogen-bond acceptors (Lipinski definition) is 1. The largest absolute Gasteiger partial charge is 0.416 e. The van der Waals surface area contributed by atoms with Crippen molar-refractivity contribution in [3.8, 4) is 0 Å². The molecule has 0 saturated heterocycles. The second kappa shape index (κ2) is 7.03. The molecule has 2 aromatic carbocycles. The van der Waals surface area contributed by atoms with E-state index in [1.165, 1.54) is 12.1 Å². The maximum atomic E-state index is 12.6. The summed E-state index contributed by atoms with van der Waals surface area (Å²) in [5, 5.41) is 4.36. The highest BCUT2D eigenvalue weighted by Gasteiger charge is 2.30. The first-order chi connectivity index (χ1) is 12.3. The molecule has 0 spiro atoms. The molecule has 0 aliphatic rings. The van der Waals surface area contributed by atoms with Gasteiger partial charge in [-0.05, 0) is 61.4 Å². The first-order valence-electron chi connectivity index (χ1n) is 7.98. The number of alkyl halides is 3. The average molecular weight is 381 g/mol. The van der Waals surface area contributed by atoms with Gasteiger partial charge in [0, 0.05) is 33.7 Å². The molecule has 1 aromatic heterocycles. The zero-order valence-electron chi connectivity index (χ0n) is 13.9. The highest BCUT2D eigenvalue weighted by atomic mass is 35.5. The Kier molecular flexibility index (Phi) is 4.96. The van der Waals surface area contributed by atoms with E-state index >= 15 is 0 Å². The number of aromatic nitrogens is 1. The highest BCUT2D eigenvalue weighted by molar-refractivity contribution is 6.31. The first kappa shape index (κ1) is 18.3. The van der Waals surface area contributed by atoms with Crippen LogP contribution >= 0.6 is 11.6 Å². The number of halogens is 4. The molecule has 0 atom stereocenters. The zero-order chi connectivity index (χ0) is 18.9. The number of H-pyrrole nitrogens is 1. The van der Waals surface area contributed by atoms with Gasteiger partial charge in [-0.2, -0.15) is 13.2 Å². The number of nitrogens with one attached hydrogen (secondary N) is 2. The summed E-state index contributed by atoms with van der Waals surface area (Å²) in [6, 6.07) is 9.73. The predicted molar refractivity (Wildman–Crippen MR) is 95.5 cm³/mol. The van der Waals surface area contributed by atoms with Crippen LogP contribution in [0.15, 0.2) is 42.5 Å². The van der Waals surface area contributed by atoms with E-state index in [9.17, 15) is 18.0 Å². The molecule has 1 amide bonds. The number of carbonyl (C=O) groups is 1. The van der Waals surface area contributed by atoms with Crippen LogP contribution in [0.5, 0.6) is 0 Å². The topological polar surface area (TPSA) is 44.9 Å². The van der Waals surface area contributed by atoms with E-state index in [1.807, 2.05) is 19.1 Å². The predicted octanol–water partition coefficient (Wildman–Crippen LogP) is 5.12. The van der Waals surface area contributed by atoms with E-state index in [-0.39, 0.29) is 5.56 Å². The molecule has 136 valence electrons. The van der Waals surface area contributed by atoms with Crippen molar-refractivity contribution in [3.05, 3.63) is 69.9 Å². The Morgan fingerprint density at radius 3 is 2.50 bits per heavy atom. The van der Waals surface area contributed by atoms with Gasteiger partial charge in [-0.15, -0.1) is 0 Å². The molecule has 0 aliphatic carbocycles. The second-order valence-electron chi connectivity index (χ2n) is 6.00. The summed E-state index contributed by atoms with van der Waals surface area (Å²) in [5.41, 5.74) is 2.43. The van der Waals surface area contributed by atoms with E-state index in [0.717, 1.165) is 34.3 Å². The molecule has 0 radical (unpaired) electrons. The number of aromatic amines is 1. The van der Waals surface area contributed by atoms with Crippen molar-refractivity contribution in [1.29, 1.82) is 0 Å². The Hall–Kier alpha value is -2.47. The van der Waals surface area contributed by atoms with Crippen LogP contribution in [0.3, 0.4) is 0 Å². The number of carbonyl (C=O) groups excluding carboxylic acids is 1. The molecule has 3 aromatic rings. The van der Waals surface area contributed by atoms with Crippen LogP contribution in [-0.2, 0) is 12.6 Å². The molecular formula is C19H16ClF3N2O. The maximum absolute atomic E-state index is 12.6. The molecule has 0 aliphatic heterocycles. The van der Waals surface area contributed by atoms with Gasteiger partial charge in [0.2, 0.25) is 0 Å². The van der Waals surface area contributed by atoms with Crippen molar-refractivity contribution < 1.29 is 18.0 Å². The standard InChI is InChI=1S/C19H16ClF3N2O/c1-11-15(16-10-14(20)6-7-17(16)25-11)8-9-24-18(26)12-2-4-13(5-3-12)19(21,22)23/h2-7,10,25H,8-9H2,1H3,(H,24,26). The minimum atomic E-state index is -4.41. The fourth-order valence-corrected chi connectivity index (χ4v) is 3.06. The monoisotopic (exact) mass is 380 g/mol. The third kappa shape index (κ3) is 3.85. The Morgan fingerprint density at radius 1 is 1.15 bits per heavy atom. The lowest BCUT2D eigenvalue weighted by Crippen LogP contribution is -2.25. The number of fused-ring (bicyclic) bond motifs is 1. The highest BCUT2D eigenvalue weighted by Crippen LogP contribution is 2.29. The number of aryl methyl sites for hydroxylation is 1. The number of hydrogen-bond donors (Lipinski definition) is 2. The molecule has 0 saturated carbocycles. The van der Waals surface area contributed by atoms with Crippen LogP contribution in [-0.4, -0.2) is 17.4 Å². The molecule has 7 heteroatoms. The third-order valence-electron chi connectivity index (χ3n) is 4.22. The molecule has 1 heterocycles. The van der Waals surface area contributed by atoms with Gasteiger partial charge < -0.3 is 10.3 Å². The Balaban J connectivity index is 1.66. The number of amides is 1. The number of rotatable bonds is 4. The van der Waals surface area contributed by atoms with Crippen molar-refractivity contribution in [2.24, 2.45) is 0 Å². The fourth-order valence-electron chi connectivity index (χ4n) is 2.89. The Labute approximate surface area is 153 Å². The summed E-state index contributed by atoms with van der Waals surface area (Å²) in [5.74, 6) is -0.408. The summed E-state index contributed by atoms with van der Waals surface area (Å²) in [6.45, 7) is 2.31. The van der Waals surface area contributed by atoms with Gasteiger partial charge in [0.25, 0.3) is 5.91 Å². The minimum absolute atomic E-state index is 0.191. The van der Waals surface area contributed by atoms with Crippen LogP contribution in [0.4, 0.5) is 13.2 Å². The fraction of sp³-hybridized carbons (Fsp3) is 0.211. The molecule has 2 N–H and O–H groups in total. The summed E-state index contributed by atoms with van der Waals surface area (Å²) in [4.78, 5) is 15.4. The van der Waals surface area contributed by atoms with Crippen molar-refractivity contribution in [3.63, 3.8) is 0 Å². The molecule has 0 bridgehead atoms. The van der Waals surface area contributed by atoms with Gasteiger partial charge in [-0.25, -0.2) is 0 Å². The van der Waals surface area contributed by atoms with Crippen LogP contribution in [0.25, 0.3) is 10.9 Å². The minimum Gasteiger partial charge on any atom is -0.358 e. The average Bonchev–Trinajstić information content (AvgIpc) is 2.89. The Morgan fingerprint density at radius 2 is 1.85 bits per heavy atom. The van der Waals surface area contributed by atoms with E-state index in [4.69, 9.17) is 11.6 Å². The SMILES string of the molecule is Cc1[nH]c2ccc(Cl)cc2c1CCNC(=O)c1ccc(C(F)(F)F)cc1. The quantitative estimate of drug-likeness (QED) is 0.648. The maximum Gasteiger partial charge on any atom is 0.416 e. The molecular weight excluding hydrogens is 365 g/mol.